The normalized spacial score (nSPS) is 24.1. The summed E-state index contributed by atoms with van der Waals surface area (Å²) in [5, 5.41) is 18.6. The van der Waals surface area contributed by atoms with Gasteiger partial charge in [-0.3, -0.25) is 9.69 Å². The quantitative estimate of drug-likeness (QED) is 0.825. The number of benzene rings is 1. The molecule has 5 heteroatoms. The second-order valence-electron chi connectivity index (χ2n) is 4.52. The molecule has 0 bridgehead atoms. The van der Waals surface area contributed by atoms with Crippen LogP contribution in [0.15, 0.2) is 24.3 Å². The summed E-state index contributed by atoms with van der Waals surface area (Å²) in [6.07, 6.45) is -0.254. The third kappa shape index (κ3) is 2.80. The molecule has 5 nitrogen and oxygen atoms in total. The Labute approximate surface area is 106 Å². The molecule has 1 heterocycles. The molecule has 1 fully saturated rings. The van der Waals surface area contributed by atoms with Gasteiger partial charge in [-0.05, 0) is 17.7 Å². The molecule has 0 saturated carbocycles. The number of carbonyl (C=O) groups is 1. The molecule has 1 aromatic rings. The molecule has 0 amide bonds. The summed E-state index contributed by atoms with van der Waals surface area (Å²) in [6, 6.07) is 6.90. The molecule has 2 N–H and O–H groups in total. The Kier molecular flexibility index (Phi) is 3.84. The Morgan fingerprint density at radius 1 is 1.44 bits per heavy atom. The minimum absolute atomic E-state index is 0.297. The number of hydrogen-bond donors (Lipinski definition) is 2. The van der Waals surface area contributed by atoms with Crippen molar-refractivity contribution in [2.45, 2.75) is 25.1 Å². The topological polar surface area (TPSA) is 70.0 Å². The zero-order valence-corrected chi connectivity index (χ0v) is 10.2. The molecule has 0 radical (unpaired) electrons. The van der Waals surface area contributed by atoms with Gasteiger partial charge in [0, 0.05) is 19.5 Å². The van der Waals surface area contributed by atoms with Gasteiger partial charge >= 0.3 is 5.97 Å². The molecule has 2 rings (SSSR count). The molecule has 18 heavy (non-hydrogen) atoms. The number of hydrogen-bond acceptors (Lipinski definition) is 4. The van der Waals surface area contributed by atoms with Crippen molar-refractivity contribution in [3.05, 3.63) is 29.8 Å². The maximum absolute atomic E-state index is 11.1. The van der Waals surface area contributed by atoms with Gasteiger partial charge in [0.1, 0.15) is 11.8 Å². The van der Waals surface area contributed by atoms with Crippen molar-refractivity contribution < 1.29 is 19.7 Å². The molecular formula is C13H17NO4. The van der Waals surface area contributed by atoms with Crippen LogP contribution in [0.3, 0.4) is 0 Å². The molecule has 2 atom stereocenters. The molecule has 1 saturated heterocycles. The van der Waals surface area contributed by atoms with Crippen LogP contribution >= 0.6 is 0 Å². The van der Waals surface area contributed by atoms with Gasteiger partial charge in [0.05, 0.1) is 13.2 Å². The number of carboxylic acids is 1. The van der Waals surface area contributed by atoms with Crippen LogP contribution < -0.4 is 4.74 Å². The van der Waals surface area contributed by atoms with Crippen LogP contribution in [0.4, 0.5) is 0 Å². The molecular weight excluding hydrogens is 234 g/mol. The van der Waals surface area contributed by atoms with E-state index in [1.807, 2.05) is 24.3 Å². The fraction of sp³-hybridized carbons (Fsp3) is 0.462. The van der Waals surface area contributed by atoms with Crippen LogP contribution in [-0.2, 0) is 11.3 Å². The van der Waals surface area contributed by atoms with E-state index in [2.05, 4.69) is 0 Å². The summed E-state index contributed by atoms with van der Waals surface area (Å²) in [5.74, 6) is -0.102. The highest BCUT2D eigenvalue weighted by Gasteiger charge is 2.35. The second kappa shape index (κ2) is 5.37. The minimum atomic E-state index is -0.875. The molecule has 0 aromatic heterocycles. The molecule has 1 aromatic carbocycles. The Bertz CT molecular complexity index is 418. The highest BCUT2D eigenvalue weighted by atomic mass is 16.5. The summed E-state index contributed by atoms with van der Waals surface area (Å²) < 4.78 is 5.07. The number of aliphatic hydroxyl groups excluding tert-OH is 1. The SMILES string of the molecule is COc1ccc(CN2C[C@H](O)C[C@H]2C(=O)O)cc1. The lowest BCUT2D eigenvalue weighted by Gasteiger charge is -2.20. The monoisotopic (exact) mass is 251 g/mol. The van der Waals surface area contributed by atoms with Gasteiger partial charge in [-0.1, -0.05) is 12.1 Å². The number of β-amino-alcohol motifs (C(OH)–C–C–N with tert-alkyl or cyclic N) is 1. The molecule has 1 aliphatic heterocycles. The van der Waals surface area contributed by atoms with Gasteiger partial charge in [-0.15, -0.1) is 0 Å². The summed E-state index contributed by atoms with van der Waals surface area (Å²) >= 11 is 0. The van der Waals surface area contributed by atoms with E-state index < -0.39 is 18.1 Å². The van der Waals surface area contributed by atoms with Crippen molar-refractivity contribution in [2.75, 3.05) is 13.7 Å². The van der Waals surface area contributed by atoms with Crippen LogP contribution in [0, 0.1) is 0 Å². The number of nitrogens with zero attached hydrogens (tertiary/aromatic N) is 1. The van der Waals surface area contributed by atoms with E-state index in [4.69, 9.17) is 9.84 Å². The van der Waals surface area contributed by atoms with Crippen molar-refractivity contribution in [3.8, 4) is 5.75 Å². The number of carboxylic acid groups (broad SMARTS) is 1. The van der Waals surface area contributed by atoms with Crippen molar-refractivity contribution in [3.63, 3.8) is 0 Å². The van der Waals surface area contributed by atoms with E-state index in [1.165, 1.54) is 0 Å². The van der Waals surface area contributed by atoms with Gasteiger partial charge in [-0.25, -0.2) is 0 Å². The maximum Gasteiger partial charge on any atom is 0.321 e. The van der Waals surface area contributed by atoms with Crippen molar-refractivity contribution in [1.82, 2.24) is 4.90 Å². The van der Waals surface area contributed by atoms with Crippen LogP contribution in [0.25, 0.3) is 0 Å². The number of rotatable bonds is 4. The minimum Gasteiger partial charge on any atom is -0.497 e. The summed E-state index contributed by atoms with van der Waals surface area (Å²) in [4.78, 5) is 12.9. The highest BCUT2D eigenvalue weighted by molar-refractivity contribution is 5.74. The summed E-state index contributed by atoms with van der Waals surface area (Å²) in [7, 11) is 1.60. The summed E-state index contributed by atoms with van der Waals surface area (Å²) in [5.41, 5.74) is 1.01. The third-order valence-corrected chi connectivity index (χ3v) is 3.21. The van der Waals surface area contributed by atoms with E-state index >= 15 is 0 Å². The zero-order valence-electron chi connectivity index (χ0n) is 10.2. The molecule has 1 aliphatic rings. The van der Waals surface area contributed by atoms with Gasteiger partial charge in [0.15, 0.2) is 0 Å². The van der Waals surface area contributed by atoms with Crippen molar-refractivity contribution in [1.29, 1.82) is 0 Å². The van der Waals surface area contributed by atoms with Gasteiger partial charge < -0.3 is 14.9 Å². The van der Waals surface area contributed by atoms with Crippen LogP contribution in [0.1, 0.15) is 12.0 Å². The predicted molar refractivity (Wildman–Crippen MR) is 65.5 cm³/mol. The molecule has 0 unspecified atom stereocenters. The smallest absolute Gasteiger partial charge is 0.321 e. The van der Waals surface area contributed by atoms with Crippen LogP contribution in [0.2, 0.25) is 0 Å². The van der Waals surface area contributed by atoms with Gasteiger partial charge in [0.25, 0.3) is 0 Å². The maximum atomic E-state index is 11.1. The van der Waals surface area contributed by atoms with E-state index in [9.17, 15) is 9.90 Å². The first kappa shape index (κ1) is 12.9. The first-order valence-corrected chi connectivity index (χ1v) is 5.88. The highest BCUT2D eigenvalue weighted by Crippen LogP contribution is 2.21. The fourth-order valence-corrected chi connectivity index (χ4v) is 2.28. The number of aliphatic hydroxyl groups is 1. The lowest BCUT2D eigenvalue weighted by atomic mass is 10.1. The Morgan fingerprint density at radius 2 is 2.11 bits per heavy atom. The predicted octanol–water partition coefficient (Wildman–Crippen LogP) is 0.715. The Balaban J connectivity index is 2.05. The number of aliphatic carboxylic acids is 1. The third-order valence-electron chi connectivity index (χ3n) is 3.21. The van der Waals surface area contributed by atoms with E-state index in [1.54, 1.807) is 12.0 Å². The van der Waals surface area contributed by atoms with Crippen LogP contribution in [-0.4, -0.2) is 46.9 Å². The standard InChI is InChI=1S/C13H17NO4/c1-18-11-4-2-9(3-5-11)7-14-8-10(15)6-12(14)13(16)17/h2-5,10,12,15H,6-8H2,1H3,(H,16,17)/t10-,12+/m1/s1. The fourth-order valence-electron chi connectivity index (χ4n) is 2.28. The van der Waals surface area contributed by atoms with Gasteiger partial charge in [-0.2, -0.15) is 0 Å². The first-order valence-electron chi connectivity index (χ1n) is 5.88. The lowest BCUT2D eigenvalue weighted by molar-refractivity contribution is -0.142. The molecule has 0 spiro atoms. The zero-order chi connectivity index (χ0) is 13.1. The van der Waals surface area contributed by atoms with Crippen LogP contribution in [0.5, 0.6) is 5.75 Å². The Morgan fingerprint density at radius 3 is 2.67 bits per heavy atom. The largest absolute Gasteiger partial charge is 0.497 e. The van der Waals surface area contributed by atoms with E-state index in [0.29, 0.717) is 19.5 Å². The summed E-state index contributed by atoms with van der Waals surface area (Å²) in [6.45, 7) is 0.932. The van der Waals surface area contributed by atoms with Crippen molar-refractivity contribution in [2.24, 2.45) is 0 Å². The number of likely N-dealkylation sites (tertiary alicyclic amines) is 1. The van der Waals surface area contributed by atoms with Gasteiger partial charge in [0.2, 0.25) is 0 Å². The van der Waals surface area contributed by atoms with E-state index in [-0.39, 0.29) is 0 Å². The van der Waals surface area contributed by atoms with E-state index in [0.717, 1.165) is 11.3 Å². The number of methoxy groups -OCH3 is 1. The lowest BCUT2D eigenvalue weighted by Crippen LogP contribution is -2.35. The average Bonchev–Trinajstić information content (AvgIpc) is 2.71. The second-order valence-corrected chi connectivity index (χ2v) is 4.52. The number of ether oxygens (including phenoxy) is 1. The molecule has 98 valence electrons. The molecule has 0 aliphatic carbocycles. The first-order chi connectivity index (χ1) is 8.60. The Hall–Kier alpha value is -1.59. The van der Waals surface area contributed by atoms with Crippen molar-refractivity contribution >= 4 is 5.97 Å². The average molecular weight is 251 g/mol.